The third-order valence-electron chi connectivity index (χ3n) is 2.81. The fourth-order valence-corrected chi connectivity index (χ4v) is 2.73. The van der Waals surface area contributed by atoms with Crippen molar-refractivity contribution in [2.24, 2.45) is 0 Å². The number of nitrogens with one attached hydrogen (secondary N) is 1. The van der Waals surface area contributed by atoms with Gasteiger partial charge in [-0.2, -0.15) is 0 Å². The fraction of sp³-hybridized carbons (Fsp3) is 0.600. The lowest BCUT2D eigenvalue weighted by molar-refractivity contribution is 0.534. The van der Waals surface area contributed by atoms with Gasteiger partial charge < -0.3 is 5.32 Å². The summed E-state index contributed by atoms with van der Waals surface area (Å²) in [5, 5.41) is 3.15. The highest BCUT2D eigenvalue weighted by Gasteiger charge is 2.11. The number of hydrogen-bond acceptors (Lipinski definition) is 2. The molecule has 0 bridgehead atoms. The molecule has 0 aliphatic heterocycles. The first-order valence-electron chi connectivity index (χ1n) is 7.00. The molecule has 0 unspecified atom stereocenters. The number of thioether (sulfide) groups is 1. The Morgan fingerprint density at radius 1 is 1.05 bits per heavy atom. The zero-order valence-electron chi connectivity index (χ0n) is 11.8. The van der Waals surface area contributed by atoms with Crippen molar-refractivity contribution >= 4 is 11.8 Å². The normalized spacial score (nSPS) is 10.9. The van der Waals surface area contributed by atoms with E-state index in [1.165, 1.54) is 23.9 Å². The second-order valence-electron chi connectivity index (χ2n) is 4.62. The minimum Gasteiger partial charge on any atom is -0.313 e. The quantitative estimate of drug-likeness (QED) is 0.520. The molecule has 0 spiro atoms. The maximum absolute atomic E-state index is 13.8. The predicted molar refractivity (Wildman–Crippen MR) is 78.6 cm³/mol. The molecule has 4 heteroatoms. The Kier molecular flexibility index (Phi) is 8.07. The van der Waals surface area contributed by atoms with Crippen LogP contribution in [0.15, 0.2) is 17.0 Å². The van der Waals surface area contributed by atoms with Crippen LogP contribution in [0.5, 0.6) is 0 Å². The van der Waals surface area contributed by atoms with Crippen molar-refractivity contribution in [3.05, 3.63) is 29.3 Å². The maximum atomic E-state index is 13.8. The average Bonchev–Trinajstić information content (AvgIpc) is 2.37. The topological polar surface area (TPSA) is 12.0 Å². The molecule has 0 radical (unpaired) electrons. The van der Waals surface area contributed by atoms with Crippen LogP contribution in [0, 0.1) is 11.6 Å². The van der Waals surface area contributed by atoms with E-state index in [1.54, 1.807) is 0 Å². The van der Waals surface area contributed by atoms with Crippen molar-refractivity contribution in [1.82, 2.24) is 5.32 Å². The SMILES string of the molecule is CCCCCSc1c(F)cc(CNCCC)cc1F. The van der Waals surface area contributed by atoms with Crippen molar-refractivity contribution < 1.29 is 8.78 Å². The van der Waals surface area contributed by atoms with Crippen LogP contribution in [-0.2, 0) is 6.54 Å². The van der Waals surface area contributed by atoms with Gasteiger partial charge in [0.2, 0.25) is 0 Å². The largest absolute Gasteiger partial charge is 0.313 e. The summed E-state index contributed by atoms with van der Waals surface area (Å²) in [6, 6.07) is 2.88. The molecule has 0 heterocycles. The average molecular weight is 287 g/mol. The Hall–Kier alpha value is -0.610. The lowest BCUT2D eigenvalue weighted by Crippen LogP contribution is -2.14. The van der Waals surface area contributed by atoms with Crippen LogP contribution < -0.4 is 5.32 Å². The highest BCUT2D eigenvalue weighted by Crippen LogP contribution is 2.27. The van der Waals surface area contributed by atoms with Crippen LogP contribution in [0.3, 0.4) is 0 Å². The van der Waals surface area contributed by atoms with E-state index in [0.717, 1.165) is 38.0 Å². The Morgan fingerprint density at radius 2 is 1.74 bits per heavy atom. The van der Waals surface area contributed by atoms with Crippen LogP contribution in [-0.4, -0.2) is 12.3 Å². The fourth-order valence-electron chi connectivity index (χ4n) is 1.79. The molecule has 19 heavy (non-hydrogen) atoms. The molecule has 0 saturated carbocycles. The van der Waals surface area contributed by atoms with E-state index in [2.05, 4.69) is 19.2 Å². The highest BCUT2D eigenvalue weighted by atomic mass is 32.2. The molecule has 1 aromatic carbocycles. The van der Waals surface area contributed by atoms with Gasteiger partial charge in [-0.1, -0.05) is 26.7 Å². The van der Waals surface area contributed by atoms with Crippen molar-refractivity contribution in [2.75, 3.05) is 12.3 Å². The number of halogens is 2. The second kappa shape index (κ2) is 9.32. The monoisotopic (exact) mass is 287 g/mol. The van der Waals surface area contributed by atoms with Gasteiger partial charge in [-0.25, -0.2) is 8.78 Å². The summed E-state index contributed by atoms with van der Waals surface area (Å²) >= 11 is 1.28. The molecule has 0 saturated heterocycles. The second-order valence-corrected chi connectivity index (χ2v) is 5.73. The van der Waals surface area contributed by atoms with Gasteiger partial charge in [-0.05, 0) is 42.8 Å². The van der Waals surface area contributed by atoms with E-state index in [9.17, 15) is 8.78 Å². The Labute approximate surface area is 119 Å². The van der Waals surface area contributed by atoms with E-state index in [-0.39, 0.29) is 4.90 Å². The molecule has 1 rings (SSSR count). The number of unbranched alkanes of at least 4 members (excludes halogenated alkanes) is 2. The summed E-state index contributed by atoms with van der Waals surface area (Å²) in [6.07, 6.45) is 4.24. The first-order valence-corrected chi connectivity index (χ1v) is 7.99. The van der Waals surface area contributed by atoms with Crippen molar-refractivity contribution in [3.8, 4) is 0 Å². The predicted octanol–water partition coefficient (Wildman–Crippen LogP) is 4.75. The lowest BCUT2D eigenvalue weighted by atomic mass is 10.2. The Balaban J connectivity index is 2.58. The lowest BCUT2D eigenvalue weighted by Gasteiger charge is -2.08. The van der Waals surface area contributed by atoms with Gasteiger partial charge in [0.15, 0.2) is 0 Å². The molecule has 0 aliphatic carbocycles. The van der Waals surface area contributed by atoms with Crippen LogP contribution in [0.1, 0.15) is 45.1 Å². The molecule has 108 valence electrons. The highest BCUT2D eigenvalue weighted by molar-refractivity contribution is 7.99. The van der Waals surface area contributed by atoms with E-state index in [4.69, 9.17) is 0 Å². The molecule has 1 N–H and O–H groups in total. The third-order valence-corrected chi connectivity index (χ3v) is 3.98. The summed E-state index contributed by atoms with van der Waals surface area (Å²) < 4.78 is 27.7. The van der Waals surface area contributed by atoms with Crippen LogP contribution in [0.2, 0.25) is 0 Å². The first kappa shape index (κ1) is 16.4. The first-order chi connectivity index (χ1) is 9.19. The molecular weight excluding hydrogens is 264 g/mol. The molecule has 0 atom stereocenters. The zero-order valence-corrected chi connectivity index (χ0v) is 12.6. The van der Waals surface area contributed by atoms with E-state index >= 15 is 0 Å². The van der Waals surface area contributed by atoms with Crippen LogP contribution in [0.4, 0.5) is 8.78 Å². The third kappa shape index (κ3) is 5.91. The molecule has 0 amide bonds. The molecule has 1 nitrogen and oxygen atoms in total. The van der Waals surface area contributed by atoms with Gasteiger partial charge in [0, 0.05) is 6.54 Å². The van der Waals surface area contributed by atoms with Gasteiger partial charge >= 0.3 is 0 Å². The van der Waals surface area contributed by atoms with E-state index in [1.807, 2.05) is 0 Å². The minimum absolute atomic E-state index is 0.162. The van der Waals surface area contributed by atoms with Gasteiger partial charge in [0.05, 0.1) is 4.90 Å². The van der Waals surface area contributed by atoms with Gasteiger partial charge in [-0.15, -0.1) is 11.8 Å². The van der Waals surface area contributed by atoms with E-state index in [0.29, 0.717) is 12.1 Å². The van der Waals surface area contributed by atoms with Crippen molar-refractivity contribution in [3.63, 3.8) is 0 Å². The molecule has 0 aromatic heterocycles. The summed E-state index contributed by atoms with van der Waals surface area (Å²) in [7, 11) is 0. The van der Waals surface area contributed by atoms with Crippen molar-refractivity contribution in [1.29, 1.82) is 0 Å². The summed E-state index contributed by atoms with van der Waals surface area (Å²) in [4.78, 5) is 0.162. The maximum Gasteiger partial charge on any atom is 0.140 e. The molecule has 0 fully saturated rings. The van der Waals surface area contributed by atoms with Gasteiger partial charge in [0.1, 0.15) is 11.6 Å². The molecule has 0 aliphatic rings. The molecular formula is C15H23F2NS. The standard InChI is InChI=1S/C15H23F2NS/c1-3-5-6-8-19-15-13(16)9-12(10-14(15)17)11-18-7-4-2/h9-10,18H,3-8,11H2,1-2H3. The smallest absolute Gasteiger partial charge is 0.140 e. The Bertz CT molecular complexity index is 359. The summed E-state index contributed by atoms with van der Waals surface area (Å²) in [5.41, 5.74) is 0.668. The number of benzene rings is 1. The van der Waals surface area contributed by atoms with Crippen LogP contribution in [0.25, 0.3) is 0 Å². The van der Waals surface area contributed by atoms with Crippen LogP contribution >= 0.6 is 11.8 Å². The Morgan fingerprint density at radius 3 is 2.32 bits per heavy atom. The van der Waals surface area contributed by atoms with E-state index < -0.39 is 11.6 Å². The number of hydrogen-bond donors (Lipinski definition) is 1. The summed E-state index contributed by atoms with van der Waals surface area (Å²) in [5.74, 6) is -0.0978. The zero-order chi connectivity index (χ0) is 14.1. The van der Waals surface area contributed by atoms with Crippen molar-refractivity contribution in [2.45, 2.75) is 51.0 Å². The van der Waals surface area contributed by atoms with Gasteiger partial charge in [0.25, 0.3) is 0 Å². The summed E-state index contributed by atoms with van der Waals surface area (Å²) in [6.45, 7) is 5.55. The number of rotatable bonds is 9. The van der Waals surface area contributed by atoms with Gasteiger partial charge in [-0.3, -0.25) is 0 Å². The molecule has 1 aromatic rings. The minimum atomic E-state index is -0.435.